The molecule has 1 spiro atoms. The second-order valence-corrected chi connectivity index (χ2v) is 6.34. The van der Waals surface area contributed by atoms with E-state index in [1.807, 2.05) is 0 Å². The van der Waals surface area contributed by atoms with Gasteiger partial charge in [-0.25, -0.2) is 0 Å². The molecule has 0 aromatic rings. The molecule has 0 aromatic heterocycles. The SMILES string of the molecule is C1=C(CCN2CC3(CCCCC3)C2)CCNC1. The topological polar surface area (TPSA) is 15.3 Å². The monoisotopic (exact) mass is 234 g/mol. The molecule has 3 aliphatic rings. The summed E-state index contributed by atoms with van der Waals surface area (Å²) < 4.78 is 0. The first kappa shape index (κ1) is 11.7. The van der Waals surface area contributed by atoms with Crippen molar-refractivity contribution in [2.24, 2.45) is 5.41 Å². The molecule has 0 amide bonds. The van der Waals surface area contributed by atoms with Crippen molar-refractivity contribution in [3.8, 4) is 0 Å². The highest BCUT2D eigenvalue weighted by molar-refractivity contribution is 5.08. The smallest absolute Gasteiger partial charge is 0.0137 e. The third-order valence-corrected chi connectivity index (χ3v) is 4.94. The molecule has 1 saturated carbocycles. The van der Waals surface area contributed by atoms with Gasteiger partial charge in [0.05, 0.1) is 0 Å². The van der Waals surface area contributed by atoms with E-state index in [1.54, 1.807) is 5.57 Å². The average Bonchev–Trinajstić information content (AvgIpc) is 2.36. The molecule has 3 rings (SSSR count). The van der Waals surface area contributed by atoms with Crippen LogP contribution in [0.3, 0.4) is 0 Å². The number of hydrogen-bond donors (Lipinski definition) is 1. The van der Waals surface area contributed by atoms with Crippen LogP contribution in [0.4, 0.5) is 0 Å². The van der Waals surface area contributed by atoms with Gasteiger partial charge >= 0.3 is 0 Å². The number of rotatable bonds is 3. The fraction of sp³-hybridized carbons (Fsp3) is 0.867. The van der Waals surface area contributed by atoms with Gasteiger partial charge in [-0.3, -0.25) is 0 Å². The van der Waals surface area contributed by atoms with Crippen molar-refractivity contribution >= 4 is 0 Å². The molecular weight excluding hydrogens is 208 g/mol. The van der Waals surface area contributed by atoms with Crippen molar-refractivity contribution in [2.75, 3.05) is 32.7 Å². The minimum atomic E-state index is 0.765. The Labute approximate surface area is 105 Å². The Kier molecular flexibility index (Phi) is 3.53. The summed E-state index contributed by atoms with van der Waals surface area (Å²) in [6.07, 6.45) is 12.5. The summed E-state index contributed by atoms with van der Waals surface area (Å²) in [5.41, 5.74) is 2.45. The first-order valence-electron chi connectivity index (χ1n) is 7.47. The fourth-order valence-corrected chi connectivity index (χ4v) is 3.88. The van der Waals surface area contributed by atoms with Gasteiger partial charge in [0.1, 0.15) is 0 Å². The highest BCUT2D eigenvalue weighted by Crippen LogP contribution is 2.43. The predicted octanol–water partition coefficient (Wildman–Crippen LogP) is 2.56. The van der Waals surface area contributed by atoms with Crippen molar-refractivity contribution in [3.05, 3.63) is 11.6 Å². The largest absolute Gasteiger partial charge is 0.313 e. The van der Waals surface area contributed by atoms with Crippen LogP contribution < -0.4 is 5.32 Å². The van der Waals surface area contributed by atoms with Crippen LogP contribution in [-0.4, -0.2) is 37.6 Å². The molecule has 2 fully saturated rings. The third kappa shape index (κ3) is 2.74. The third-order valence-electron chi connectivity index (χ3n) is 4.94. The van der Waals surface area contributed by atoms with Gasteiger partial charge in [-0.2, -0.15) is 0 Å². The molecule has 1 aliphatic carbocycles. The summed E-state index contributed by atoms with van der Waals surface area (Å²) in [5.74, 6) is 0. The lowest BCUT2D eigenvalue weighted by atomic mass is 9.68. The van der Waals surface area contributed by atoms with Gasteiger partial charge in [-0.15, -0.1) is 0 Å². The van der Waals surface area contributed by atoms with Crippen LogP contribution in [0.1, 0.15) is 44.9 Å². The molecule has 2 heteroatoms. The Morgan fingerprint density at radius 1 is 1.18 bits per heavy atom. The molecule has 17 heavy (non-hydrogen) atoms. The van der Waals surface area contributed by atoms with Gasteiger partial charge in [0.25, 0.3) is 0 Å². The molecular formula is C15H26N2. The van der Waals surface area contributed by atoms with Crippen molar-refractivity contribution in [3.63, 3.8) is 0 Å². The van der Waals surface area contributed by atoms with E-state index >= 15 is 0 Å². The minimum absolute atomic E-state index is 0.765. The van der Waals surface area contributed by atoms with E-state index in [0.29, 0.717) is 0 Å². The van der Waals surface area contributed by atoms with Crippen LogP contribution in [0.2, 0.25) is 0 Å². The maximum atomic E-state index is 3.39. The van der Waals surface area contributed by atoms with Crippen LogP contribution in [0.5, 0.6) is 0 Å². The van der Waals surface area contributed by atoms with E-state index < -0.39 is 0 Å². The van der Waals surface area contributed by atoms with Crippen LogP contribution >= 0.6 is 0 Å². The van der Waals surface area contributed by atoms with E-state index in [4.69, 9.17) is 0 Å². The van der Waals surface area contributed by atoms with Crippen molar-refractivity contribution in [1.29, 1.82) is 0 Å². The summed E-state index contributed by atoms with van der Waals surface area (Å²) in [5, 5.41) is 3.39. The second-order valence-electron chi connectivity index (χ2n) is 6.34. The zero-order valence-corrected chi connectivity index (χ0v) is 11.0. The lowest BCUT2D eigenvalue weighted by Gasteiger charge is -2.52. The quantitative estimate of drug-likeness (QED) is 0.755. The standard InChI is InChI=1S/C15H26N2/c1-2-7-15(8-3-1)12-17(13-15)11-6-14-4-9-16-10-5-14/h4,16H,1-3,5-13H2. The number of likely N-dealkylation sites (tertiary alicyclic amines) is 1. The van der Waals surface area contributed by atoms with Crippen LogP contribution in [0, 0.1) is 5.41 Å². The van der Waals surface area contributed by atoms with Gasteiger partial charge in [0, 0.05) is 26.2 Å². The summed E-state index contributed by atoms with van der Waals surface area (Å²) in [7, 11) is 0. The lowest BCUT2D eigenvalue weighted by Crippen LogP contribution is -2.57. The first-order chi connectivity index (χ1) is 8.36. The summed E-state index contributed by atoms with van der Waals surface area (Å²) in [6, 6.07) is 0. The highest BCUT2D eigenvalue weighted by Gasteiger charge is 2.42. The Bertz CT molecular complexity index is 281. The Balaban J connectivity index is 1.39. The summed E-state index contributed by atoms with van der Waals surface area (Å²) >= 11 is 0. The van der Waals surface area contributed by atoms with Gasteiger partial charge in [0.15, 0.2) is 0 Å². The molecule has 2 heterocycles. The maximum absolute atomic E-state index is 3.39. The molecule has 2 aliphatic heterocycles. The van der Waals surface area contributed by atoms with Gasteiger partial charge in [-0.1, -0.05) is 30.9 Å². The molecule has 0 bridgehead atoms. The molecule has 0 radical (unpaired) electrons. The lowest BCUT2D eigenvalue weighted by molar-refractivity contribution is -0.0269. The average molecular weight is 234 g/mol. The van der Waals surface area contributed by atoms with E-state index in [2.05, 4.69) is 16.3 Å². The molecule has 0 atom stereocenters. The number of nitrogens with zero attached hydrogens (tertiary/aromatic N) is 1. The number of hydrogen-bond acceptors (Lipinski definition) is 2. The first-order valence-corrected chi connectivity index (χ1v) is 7.47. The molecule has 96 valence electrons. The van der Waals surface area contributed by atoms with Gasteiger partial charge in [-0.05, 0) is 37.6 Å². The van der Waals surface area contributed by atoms with Gasteiger partial charge in [0.2, 0.25) is 0 Å². The normalized spacial score (nSPS) is 28.8. The summed E-state index contributed by atoms with van der Waals surface area (Å²) in [6.45, 7) is 6.40. The molecule has 0 aromatic carbocycles. The molecule has 1 saturated heterocycles. The predicted molar refractivity (Wildman–Crippen MR) is 72.1 cm³/mol. The molecule has 2 nitrogen and oxygen atoms in total. The highest BCUT2D eigenvalue weighted by atomic mass is 15.2. The Hall–Kier alpha value is -0.340. The van der Waals surface area contributed by atoms with Crippen LogP contribution in [0.25, 0.3) is 0 Å². The zero-order valence-electron chi connectivity index (χ0n) is 11.0. The van der Waals surface area contributed by atoms with Crippen molar-refractivity contribution in [2.45, 2.75) is 44.9 Å². The maximum Gasteiger partial charge on any atom is 0.0137 e. The minimum Gasteiger partial charge on any atom is -0.313 e. The Morgan fingerprint density at radius 2 is 2.00 bits per heavy atom. The second kappa shape index (κ2) is 5.11. The van der Waals surface area contributed by atoms with Gasteiger partial charge < -0.3 is 10.2 Å². The molecule has 1 N–H and O–H groups in total. The fourth-order valence-electron chi connectivity index (χ4n) is 3.88. The summed E-state index contributed by atoms with van der Waals surface area (Å²) in [4.78, 5) is 2.69. The zero-order chi connectivity index (χ0) is 11.6. The van der Waals surface area contributed by atoms with Crippen LogP contribution in [0.15, 0.2) is 11.6 Å². The van der Waals surface area contributed by atoms with Crippen molar-refractivity contribution in [1.82, 2.24) is 10.2 Å². The van der Waals surface area contributed by atoms with E-state index in [0.717, 1.165) is 12.0 Å². The molecule has 0 unspecified atom stereocenters. The Morgan fingerprint density at radius 3 is 2.71 bits per heavy atom. The van der Waals surface area contributed by atoms with E-state index in [9.17, 15) is 0 Å². The number of nitrogens with one attached hydrogen (secondary N) is 1. The van der Waals surface area contributed by atoms with Crippen molar-refractivity contribution < 1.29 is 0 Å². The van der Waals surface area contributed by atoms with E-state index in [1.165, 1.54) is 71.1 Å². The van der Waals surface area contributed by atoms with E-state index in [-0.39, 0.29) is 0 Å². The van der Waals surface area contributed by atoms with Crippen LogP contribution in [-0.2, 0) is 0 Å².